The van der Waals surface area contributed by atoms with Crippen molar-refractivity contribution < 1.29 is 9.18 Å². The van der Waals surface area contributed by atoms with Crippen molar-refractivity contribution in [3.05, 3.63) is 70.6 Å². The van der Waals surface area contributed by atoms with Crippen LogP contribution in [0.25, 0.3) is 11.0 Å². The Hall–Kier alpha value is -2.77. The first-order valence-corrected chi connectivity index (χ1v) is 9.95. The van der Waals surface area contributed by atoms with Crippen molar-refractivity contribution in [2.75, 3.05) is 19.6 Å². The summed E-state index contributed by atoms with van der Waals surface area (Å²) in [7, 11) is 0. The molecule has 0 spiro atoms. The molecule has 1 saturated heterocycles. The van der Waals surface area contributed by atoms with Gasteiger partial charge >= 0.3 is 5.69 Å². The van der Waals surface area contributed by atoms with Gasteiger partial charge in [0.15, 0.2) is 5.78 Å². The molecule has 1 aliphatic heterocycles. The molecule has 2 heterocycles. The lowest BCUT2D eigenvalue weighted by Crippen LogP contribution is -2.46. The van der Waals surface area contributed by atoms with Gasteiger partial charge in [-0.2, -0.15) is 0 Å². The summed E-state index contributed by atoms with van der Waals surface area (Å²) in [6.07, 6.45) is -0.162. The number of Topliss-reactive ketones (excluding diaryl/α,β-unsaturated/α-hetero) is 1. The summed E-state index contributed by atoms with van der Waals surface area (Å²) >= 11 is 0. The van der Waals surface area contributed by atoms with E-state index in [-0.39, 0.29) is 18.0 Å². The summed E-state index contributed by atoms with van der Waals surface area (Å²) in [5.74, 6) is -0.0948. The molecule has 1 aromatic heterocycles. The molecule has 3 aromatic rings. The Kier molecular flexibility index (Phi) is 5.60. The molecule has 4 rings (SSSR count). The smallest absolute Gasteiger partial charge is 0.321 e. The summed E-state index contributed by atoms with van der Waals surface area (Å²) in [4.78, 5) is 29.5. The highest BCUT2D eigenvalue weighted by Gasteiger charge is 2.32. The minimum Gasteiger partial charge on any atom is -0.321 e. The van der Waals surface area contributed by atoms with Crippen LogP contribution in [-0.4, -0.2) is 52.1 Å². The third kappa shape index (κ3) is 4.02. The van der Waals surface area contributed by atoms with E-state index in [0.717, 1.165) is 11.0 Å². The minimum absolute atomic E-state index is 0.0948. The number of aromatic amines is 1. The molecule has 152 valence electrons. The van der Waals surface area contributed by atoms with Gasteiger partial charge in [-0.25, -0.2) is 9.18 Å². The number of nitrogens with zero attached hydrogens (tertiary/aromatic N) is 2. The first-order chi connectivity index (χ1) is 14.0. The average Bonchev–Trinajstić information content (AvgIpc) is 3.08. The van der Waals surface area contributed by atoms with Gasteiger partial charge in [0, 0.05) is 25.2 Å². The van der Waals surface area contributed by atoms with Gasteiger partial charge in [-0.3, -0.25) is 9.36 Å². The summed E-state index contributed by atoms with van der Waals surface area (Å²) < 4.78 is 16.5. The molecule has 6 nitrogen and oxygen atoms in total. The maximum Gasteiger partial charge on any atom is 0.326 e. The van der Waals surface area contributed by atoms with Crippen molar-refractivity contribution in [2.45, 2.75) is 31.1 Å². The van der Waals surface area contributed by atoms with Crippen LogP contribution in [0, 0.1) is 0 Å². The van der Waals surface area contributed by atoms with E-state index in [4.69, 9.17) is 5.73 Å². The van der Waals surface area contributed by atoms with Gasteiger partial charge in [0.25, 0.3) is 0 Å². The third-order valence-electron chi connectivity index (χ3n) is 5.70. The molecule has 3 N–H and O–H groups in total. The maximum atomic E-state index is 15.0. The molecule has 0 saturated carbocycles. The lowest BCUT2D eigenvalue weighted by atomic mass is 9.99. The van der Waals surface area contributed by atoms with Crippen molar-refractivity contribution in [3.8, 4) is 0 Å². The Labute approximate surface area is 168 Å². The number of rotatable bonds is 6. The molecular formula is C22H25FN4O2. The molecule has 1 aliphatic rings. The number of nitrogens with one attached hydrogen (secondary N) is 1. The van der Waals surface area contributed by atoms with Gasteiger partial charge in [0.05, 0.1) is 23.1 Å². The highest BCUT2D eigenvalue weighted by Crippen LogP contribution is 2.27. The van der Waals surface area contributed by atoms with Gasteiger partial charge in [0.2, 0.25) is 0 Å². The number of alkyl halides is 1. The van der Waals surface area contributed by atoms with E-state index in [2.05, 4.69) is 4.98 Å². The molecule has 2 aromatic carbocycles. The number of piperidine rings is 1. The van der Waals surface area contributed by atoms with Gasteiger partial charge in [-0.1, -0.05) is 42.5 Å². The zero-order valence-electron chi connectivity index (χ0n) is 16.1. The number of imidazole rings is 1. The van der Waals surface area contributed by atoms with Crippen LogP contribution < -0.4 is 11.4 Å². The fraction of sp³-hybridized carbons (Fsp3) is 0.364. The number of hydrogen-bond donors (Lipinski definition) is 2. The number of hydrogen-bond acceptors (Lipinski definition) is 4. The maximum absolute atomic E-state index is 15.0. The first kappa shape index (κ1) is 19.5. The van der Waals surface area contributed by atoms with E-state index >= 15 is 4.39 Å². The third-order valence-corrected chi connectivity index (χ3v) is 5.70. The predicted octanol–water partition coefficient (Wildman–Crippen LogP) is 2.51. The molecule has 29 heavy (non-hydrogen) atoms. The quantitative estimate of drug-likeness (QED) is 0.627. The molecule has 3 atom stereocenters. The summed E-state index contributed by atoms with van der Waals surface area (Å²) in [5.41, 5.74) is 7.84. The summed E-state index contributed by atoms with van der Waals surface area (Å²) in [6.45, 7) is 1.43. The van der Waals surface area contributed by atoms with E-state index in [1.807, 2.05) is 47.4 Å². The second kappa shape index (κ2) is 8.31. The highest BCUT2D eigenvalue weighted by atomic mass is 19.1. The number of benzene rings is 2. The van der Waals surface area contributed by atoms with Crippen molar-refractivity contribution in [3.63, 3.8) is 0 Å². The Morgan fingerprint density at radius 3 is 2.66 bits per heavy atom. The van der Waals surface area contributed by atoms with Crippen molar-refractivity contribution in [1.82, 2.24) is 14.5 Å². The number of likely N-dealkylation sites (tertiary alicyclic amines) is 1. The number of carbonyl (C=O) groups excluding carboxylic acids is 1. The Bertz CT molecular complexity index is 1050. The number of nitrogens with two attached hydrogens (primary N) is 1. The number of carbonyl (C=O) groups is 1. The minimum atomic E-state index is -1.17. The van der Waals surface area contributed by atoms with Gasteiger partial charge in [0.1, 0.15) is 6.17 Å². The molecule has 3 unspecified atom stereocenters. The van der Waals surface area contributed by atoms with Crippen LogP contribution in [0.1, 0.15) is 29.2 Å². The Balaban J connectivity index is 1.37. The number of ketones is 1. The fourth-order valence-corrected chi connectivity index (χ4v) is 4.12. The molecule has 7 heteroatoms. The van der Waals surface area contributed by atoms with Crippen molar-refractivity contribution >= 4 is 16.8 Å². The lowest BCUT2D eigenvalue weighted by Gasteiger charge is -2.35. The van der Waals surface area contributed by atoms with E-state index < -0.39 is 18.3 Å². The van der Waals surface area contributed by atoms with Crippen molar-refractivity contribution in [1.29, 1.82) is 0 Å². The van der Waals surface area contributed by atoms with Gasteiger partial charge in [-0.05, 0) is 25.0 Å². The second-order valence-corrected chi connectivity index (χ2v) is 7.62. The van der Waals surface area contributed by atoms with E-state index in [9.17, 15) is 9.59 Å². The number of fused-ring (bicyclic) bond motifs is 1. The highest BCUT2D eigenvalue weighted by molar-refractivity contribution is 5.99. The first-order valence-electron chi connectivity index (χ1n) is 9.95. The molecule has 0 aliphatic carbocycles. The Morgan fingerprint density at radius 2 is 1.90 bits per heavy atom. The number of para-hydroxylation sites is 2. The van der Waals surface area contributed by atoms with Crippen LogP contribution in [0.15, 0.2) is 59.4 Å². The summed E-state index contributed by atoms with van der Waals surface area (Å²) in [6, 6.07) is 15.2. The monoisotopic (exact) mass is 396 g/mol. The number of aromatic nitrogens is 2. The largest absolute Gasteiger partial charge is 0.326 e. The zero-order chi connectivity index (χ0) is 20.4. The SMILES string of the molecule is NC(CCN1CCC(n2c(=O)[nH]c3ccccc32)C(F)C1)C(=O)c1ccccc1. The molecule has 1 fully saturated rings. The van der Waals surface area contributed by atoms with Gasteiger partial charge in [-0.15, -0.1) is 0 Å². The van der Waals surface area contributed by atoms with E-state index in [1.165, 1.54) is 0 Å². The number of halogens is 1. The molecule has 0 radical (unpaired) electrons. The van der Waals surface area contributed by atoms with Crippen LogP contribution in [-0.2, 0) is 0 Å². The standard InChI is InChI=1S/C22H25FN4O2/c23-16-14-26(12-10-17(24)21(28)15-6-2-1-3-7-15)13-11-19(16)27-20-9-5-4-8-18(20)25-22(27)29/h1-9,16-17,19H,10-14,24H2,(H,25,29). The van der Waals surface area contributed by atoms with Crippen molar-refractivity contribution in [2.24, 2.45) is 5.73 Å². The predicted molar refractivity (Wildman–Crippen MR) is 111 cm³/mol. The normalized spacial score (nSPS) is 21.3. The van der Waals surface area contributed by atoms with Gasteiger partial charge < -0.3 is 15.6 Å². The van der Waals surface area contributed by atoms with E-state index in [1.54, 1.807) is 16.7 Å². The summed E-state index contributed by atoms with van der Waals surface area (Å²) in [5, 5.41) is 0. The Morgan fingerprint density at radius 1 is 1.17 bits per heavy atom. The second-order valence-electron chi connectivity index (χ2n) is 7.62. The van der Waals surface area contributed by atoms with Crippen LogP contribution in [0.4, 0.5) is 4.39 Å². The molecular weight excluding hydrogens is 371 g/mol. The fourth-order valence-electron chi connectivity index (χ4n) is 4.12. The number of H-pyrrole nitrogens is 1. The van der Waals surface area contributed by atoms with Crippen LogP contribution in [0.5, 0.6) is 0 Å². The van der Waals surface area contributed by atoms with Crippen LogP contribution >= 0.6 is 0 Å². The molecule has 0 amide bonds. The lowest BCUT2D eigenvalue weighted by molar-refractivity contribution is 0.0833. The van der Waals surface area contributed by atoms with Crippen LogP contribution in [0.3, 0.4) is 0 Å². The van der Waals surface area contributed by atoms with E-state index in [0.29, 0.717) is 31.5 Å². The average molecular weight is 396 g/mol. The molecule has 0 bridgehead atoms. The van der Waals surface area contributed by atoms with Crippen LogP contribution in [0.2, 0.25) is 0 Å². The topological polar surface area (TPSA) is 84.1 Å². The zero-order valence-corrected chi connectivity index (χ0v) is 16.1.